The molecule has 0 radical (unpaired) electrons. The minimum Gasteiger partial charge on any atom is -0.341 e. The van der Waals surface area contributed by atoms with Crippen LogP contribution in [0.3, 0.4) is 0 Å². The molecule has 0 amide bonds. The van der Waals surface area contributed by atoms with Crippen LogP contribution in [0.25, 0.3) is 11.3 Å². The van der Waals surface area contributed by atoms with Crippen LogP contribution in [0.15, 0.2) is 18.2 Å². The van der Waals surface area contributed by atoms with Gasteiger partial charge in [-0.3, -0.25) is 0 Å². The summed E-state index contributed by atoms with van der Waals surface area (Å²) in [6.45, 7) is -1.51. The van der Waals surface area contributed by atoms with Crippen molar-refractivity contribution in [1.82, 2.24) is 9.71 Å². The van der Waals surface area contributed by atoms with Crippen LogP contribution in [-0.4, -0.2) is 16.3 Å². The largest absolute Gasteiger partial charge is 0.405 e. The van der Waals surface area contributed by atoms with Gasteiger partial charge in [0.25, 0.3) is 0 Å². The van der Waals surface area contributed by atoms with Crippen molar-refractivity contribution in [2.24, 2.45) is 0 Å². The highest BCUT2D eigenvalue weighted by Crippen LogP contribution is 2.34. The van der Waals surface area contributed by atoms with Crippen molar-refractivity contribution < 1.29 is 13.6 Å². The Labute approximate surface area is 122 Å². The lowest BCUT2D eigenvalue weighted by atomic mass is 10.2. The fourth-order valence-electron chi connectivity index (χ4n) is 1.55. The maximum Gasteiger partial charge on any atom is 0.405 e. The first-order chi connectivity index (χ1) is 8.90. The van der Waals surface area contributed by atoms with Crippen LogP contribution in [0.2, 0.25) is 15.2 Å². The molecule has 1 aromatic carbocycles. The summed E-state index contributed by atoms with van der Waals surface area (Å²) in [6, 6.07) is 4.71. The lowest BCUT2D eigenvalue weighted by Crippen LogP contribution is -2.18. The number of imidazole rings is 1. The van der Waals surface area contributed by atoms with E-state index < -0.39 is 6.61 Å². The Hall–Kier alpha value is -1.04. The van der Waals surface area contributed by atoms with Crippen molar-refractivity contribution >= 4 is 34.8 Å². The van der Waals surface area contributed by atoms with Crippen LogP contribution < -0.4 is 4.84 Å². The molecule has 0 N–H and O–H groups in total. The molecule has 0 fully saturated rings. The monoisotopic (exact) mass is 326 g/mol. The average Bonchev–Trinajstić information content (AvgIpc) is 2.57. The van der Waals surface area contributed by atoms with Gasteiger partial charge in [0.1, 0.15) is 11.5 Å². The molecule has 0 saturated heterocycles. The van der Waals surface area contributed by atoms with E-state index in [1.54, 1.807) is 12.1 Å². The van der Waals surface area contributed by atoms with Crippen molar-refractivity contribution in [2.75, 3.05) is 0 Å². The van der Waals surface area contributed by atoms with Crippen LogP contribution >= 0.6 is 34.8 Å². The third kappa shape index (κ3) is 2.94. The van der Waals surface area contributed by atoms with Gasteiger partial charge in [0.05, 0.1) is 5.02 Å². The molecule has 0 bridgehead atoms. The minimum atomic E-state index is -3.00. The van der Waals surface area contributed by atoms with Gasteiger partial charge in [-0.25, -0.2) is 4.98 Å². The third-order valence-corrected chi connectivity index (χ3v) is 3.19. The fourth-order valence-corrected chi connectivity index (χ4v) is 2.35. The molecule has 0 saturated carbocycles. The van der Waals surface area contributed by atoms with E-state index in [0.717, 1.165) is 4.73 Å². The zero-order chi connectivity index (χ0) is 14.2. The first-order valence-corrected chi connectivity index (χ1v) is 6.19. The first kappa shape index (κ1) is 14.4. The number of hydrogen-bond donors (Lipinski definition) is 0. The van der Waals surface area contributed by atoms with Crippen molar-refractivity contribution in [2.45, 2.75) is 13.5 Å². The number of nitrogens with zero attached hydrogens (tertiary/aromatic N) is 2. The number of hydrogen-bond acceptors (Lipinski definition) is 2. The van der Waals surface area contributed by atoms with Gasteiger partial charge >= 0.3 is 6.61 Å². The summed E-state index contributed by atoms with van der Waals surface area (Å²) < 4.78 is 25.3. The van der Waals surface area contributed by atoms with Gasteiger partial charge in [-0.1, -0.05) is 34.8 Å². The summed E-state index contributed by atoms with van der Waals surface area (Å²) in [4.78, 5) is 8.33. The Kier molecular flexibility index (Phi) is 4.18. The fraction of sp³-hybridized carbons (Fsp3) is 0.182. The standard InChI is InChI=1S/C11H7Cl3F2N2O/c1-5-17-9(10(14)18(5)19-11(15)16)7-3-2-6(12)4-8(7)13/h2-4,11H,1H3. The highest BCUT2D eigenvalue weighted by atomic mass is 35.5. The van der Waals surface area contributed by atoms with E-state index in [9.17, 15) is 8.78 Å². The molecular formula is C11H7Cl3F2N2O. The topological polar surface area (TPSA) is 27.1 Å². The SMILES string of the molecule is Cc1nc(-c2ccc(Cl)cc2Cl)c(Cl)n1OC(F)F. The summed E-state index contributed by atoms with van der Waals surface area (Å²) >= 11 is 17.8. The molecule has 0 unspecified atom stereocenters. The molecule has 0 aliphatic rings. The summed E-state index contributed by atoms with van der Waals surface area (Å²) in [5.41, 5.74) is 0.734. The van der Waals surface area contributed by atoms with Crippen LogP contribution in [-0.2, 0) is 0 Å². The molecule has 3 nitrogen and oxygen atoms in total. The number of aromatic nitrogens is 2. The van der Waals surface area contributed by atoms with Gasteiger partial charge in [-0.05, 0) is 25.1 Å². The molecule has 102 valence electrons. The molecule has 0 aliphatic carbocycles. The van der Waals surface area contributed by atoms with E-state index in [0.29, 0.717) is 15.6 Å². The zero-order valence-electron chi connectivity index (χ0n) is 9.50. The van der Waals surface area contributed by atoms with E-state index >= 15 is 0 Å². The molecule has 1 aromatic heterocycles. The van der Waals surface area contributed by atoms with Crippen molar-refractivity contribution in [3.63, 3.8) is 0 Å². The molecular weight excluding hydrogens is 320 g/mol. The molecule has 2 aromatic rings. The molecule has 0 spiro atoms. The lowest BCUT2D eigenvalue weighted by Gasteiger charge is -2.07. The minimum absolute atomic E-state index is 0.0815. The summed E-state index contributed by atoms with van der Waals surface area (Å²) in [7, 11) is 0. The molecule has 2 rings (SSSR count). The van der Waals surface area contributed by atoms with Gasteiger partial charge in [0.2, 0.25) is 0 Å². The number of halogens is 5. The number of aryl methyl sites for hydroxylation is 1. The van der Waals surface area contributed by atoms with Gasteiger partial charge in [-0.2, -0.15) is 13.5 Å². The van der Waals surface area contributed by atoms with Crippen LogP contribution in [0.4, 0.5) is 8.78 Å². The highest BCUT2D eigenvalue weighted by molar-refractivity contribution is 6.37. The van der Waals surface area contributed by atoms with Crippen molar-refractivity contribution in [3.05, 3.63) is 39.2 Å². The summed E-state index contributed by atoms with van der Waals surface area (Å²) in [5, 5.41) is 0.683. The Morgan fingerprint density at radius 1 is 1.26 bits per heavy atom. The number of benzene rings is 1. The Balaban J connectivity index is 2.51. The number of alkyl halides is 2. The lowest BCUT2D eigenvalue weighted by molar-refractivity contribution is -0.134. The zero-order valence-corrected chi connectivity index (χ0v) is 11.8. The predicted molar refractivity (Wildman–Crippen MR) is 70.0 cm³/mol. The predicted octanol–water partition coefficient (Wildman–Crippen LogP) is 4.47. The second-order valence-electron chi connectivity index (χ2n) is 3.58. The van der Waals surface area contributed by atoms with E-state index in [1.807, 2.05) is 0 Å². The van der Waals surface area contributed by atoms with Crippen LogP contribution in [0, 0.1) is 6.92 Å². The quantitative estimate of drug-likeness (QED) is 0.831. The average molecular weight is 328 g/mol. The van der Waals surface area contributed by atoms with Crippen molar-refractivity contribution in [3.8, 4) is 11.3 Å². The smallest absolute Gasteiger partial charge is 0.341 e. The highest BCUT2D eigenvalue weighted by Gasteiger charge is 2.20. The van der Waals surface area contributed by atoms with Gasteiger partial charge < -0.3 is 4.84 Å². The maximum atomic E-state index is 12.3. The molecule has 8 heteroatoms. The van der Waals surface area contributed by atoms with Crippen molar-refractivity contribution in [1.29, 1.82) is 0 Å². The molecule has 0 aliphatic heterocycles. The second kappa shape index (κ2) is 5.53. The Morgan fingerprint density at radius 2 is 1.95 bits per heavy atom. The van der Waals surface area contributed by atoms with Gasteiger partial charge in [0, 0.05) is 10.6 Å². The molecule has 1 heterocycles. The summed E-state index contributed by atoms with van der Waals surface area (Å²) in [6.07, 6.45) is 0. The third-order valence-electron chi connectivity index (χ3n) is 2.31. The van der Waals surface area contributed by atoms with E-state index in [1.165, 1.54) is 13.0 Å². The van der Waals surface area contributed by atoms with Gasteiger partial charge in [0.15, 0.2) is 5.15 Å². The van der Waals surface area contributed by atoms with E-state index in [4.69, 9.17) is 34.8 Å². The second-order valence-corrected chi connectivity index (χ2v) is 4.78. The number of rotatable bonds is 3. The molecule has 19 heavy (non-hydrogen) atoms. The molecule has 0 atom stereocenters. The Morgan fingerprint density at radius 3 is 2.53 bits per heavy atom. The van der Waals surface area contributed by atoms with Crippen LogP contribution in [0.1, 0.15) is 5.82 Å². The summed E-state index contributed by atoms with van der Waals surface area (Å²) in [5.74, 6) is 0.186. The maximum absolute atomic E-state index is 12.3. The first-order valence-electron chi connectivity index (χ1n) is 5.05. The van der Waals surface area contributed by atoms with Gasteiger partial charge in [-0.15, -0.1) is 0 Å². The van der Waals surface area contributed by atoms with Crippen LogP contribution in [0.5, 0.6) is 0 Å². The van der Waals surface area contributed by atoms with E-state index in [2.05, 4.69) is 9.82 Å². The van der Waals surface area contributed by atoms with E-state index in [-0.39, 0.29) is 16.7 Å². The Bertz CT molecular complexity index is 616. The normalized spacial score (nSPS) is 11.1.